The van der Waals surface area contributed by atoms with Gasteiger partial charge in [0, 0.05) is 6.20 Å². The average Bonchev–Trinajstić information content (AvgIpc) is 2.72. The first-order valence-electron chi connectivity index (χ1n) is 8.49. The molecule has 5 nitrogen and oxygen atoms in total. The van der Waals surface area contributed by atoms with Gasteiger partial charge >= 0.3 is 5.97 Å². The van der Waals surface area contributed by atoms with Gasteiger partial charge in [0.15, 0.2) is 0 Å². The van der Waals surface area contributed by atoms with Crippen LogP contribution in [0.3, 0.4) is 0 Å². The molecule has 0 aliphatic rings. The number of aliphatic hydroxyl groups is 1. The predicted molar refractivity (Wildman–Crippen MR) is 105 cm³/mol. The van der Waals surface area contributed by atoms with Crippen molar-refractivity contribution in [3.8, 4) is 11.1 Å². The van der Waals surface area contributed by atoms with Crippen LogP contribution in [-0.4, -0.2) is 23.2 Å². The molecule has 0 amide bonds. The van der Waals surface area contributed by atoms with Crippen LogP contribution in [0.2, 0.25) is 0 Å². The third-order valence-corrected chi connectivity index (χ3v) is 4.75. The lowest BCUT2D eigenvalue weighted by Crippen LogP contribution is -2.08. The normalized spacial score (nSPS) is 11.0. The van der Waals surface area contributed by atoms with E-state index in [4.69, 9.17) is 4.74 Å². The molecular weight excluding hydrogens is 342 g/mol. The third-order valence-electron chi connectivity index (χ3n) is 4.75. The highest BCUT2D eigenvalue weighted by molar-refractivity contribution is 6.16. The molecule has 0 saturated heterocycles. The van der Waals surface area contributed by atoms with E-state index in [1.165, 1.54) is 7.11 Å². The van der Waals surface area contributed by atoms with Crippen LogP contribution >= 0.6 is 0 Å². The summed E-state index contributed by atoms with van der Waals surface area (Å²) >= 11 is 0. The predicted octanol–water partition coefficient (Wildman–Crippen LogP) is 3.63. The quantitative estimate of drug-likeness (QED) is 0.432. The summed E-state index contributed by atoms with van der Waals surface area (Å²) in [5, 5.41) is 11.8. The first-order chi connectivity index (χ1) is 13.1. The Morgan fingerprint density at radius 2 is 1.74 bits per heavy atom. The Balaban J connectivity index is 2.04. The van der Waals surface area contributed by atoms with Crippen LogP contribution < -0.4 is 5.56 Å². The first kappa shape index (κ1) is 17.0. The fourth-order valence-corrected chi connectivity index (χ4v) is 3.37. The molecule has 0 unspecified atom stereocenters. The molecule has 0 aliphatic carbocycles. The summed E-state index contributed by atoms with van der Waals surface area (Å²) in [6, 6.07) is 16.7. The number of aromatic nitrogens is 1. The molecule has 134 valence electrons. The van der Waals surface area contributed by atoms with E-state index in [1.807, 2.05) is 42.5 Å². The average molecular weight is 359 g/mol. The maximum atomic E-state index is 12.5. The number of H-pyrrole nitrogens is 1. The van der Waals surface area contributed by atoms with Crippen molar-refractivity contribution < 1.29 is 14.6 Å². The van der Waals surface area contributed by atoms with Crippen LogP contribution in [0.1, 0.15) is 15.9 Å². The minimum absolute atomic E-state index is 0.0134. The minimum atomic E-state index is -0.442. The van der Waals surface area contributed by atoms with E-state index in [1.54, 1.807) is 18.3 Å². The van der Waals surface area contributed by atoms with Crippen molar-refractivity contribution in [2.24, 2.45) is 0 Å². The van der Waals surface area contributed by atoms with Gasteiger partial charge in [0.05, 0.1) is 24.7 Å². The molecule has 0 atom stereocenters. The second-order valence-electron chi connectivity index (χ2n) is 6.30. The number of aromatic amines is 1. The van der Waals surface area contributed by atoms with Crippen molar-refractivity contribution in [2.45, 2.75) is 6.61 Å². The molecule has 27 heavy (non-hydrogen) atoms. The summed E-state index contributed by atoms with van der Waals surface area (Å²) < 4.78 is 4.92. The van der Waals surface area contributed by atoms with Gasteiger partial charge in [0.25, 0.3) is 5.56 Å². The molecular formula is C22H17NO4. The summed E-state index contributed by atoms with van der Waals surface area (Å²) in [6.07, 6.45) is 1.56. The van der Waals surface area contributed by atoms with Gasteiger partial charge in [-0.05, 0) is 51.0 Å². The fourth-order valence-electron chi connectivity index (χ4n) is 3.37. The van der Waals surface area contributed by atoms with Crippen LogP contribution in [0.4, 0.5) is 0 Å². The van der Waals surface area contributed by atoms with Gasteiger partial charge in [0.2, 0.25) is 0 Å². The number of pyridine rings is 1. The molecule has 3 aromatic carbocycles. The fraction of sp³-hybridized carbons (Fsp3) is 0.0909. The zero-order chi connectivity index (χ0) is 19.0. The highest BCUT2D eigenvalue weighted by Gasteiger charge is 2.16. The van der Waals surface area contributed by atoms with E-state index in [9.17, 15) is 14.7 Å². The molecule has 0 saturated carbocycles. The van der Waals surface area contributed by atoms with Crippen LogP contribution in [0.25, 0.3) is 32.7 Å². The number of esters is 1. The lowest BCUT2D eigenvalue weighted by atomic mass is 9.94. The second-order valence-corrected chi connectivity index (χ2v) is 6.30. The number of carbonyl (C=O) groups is 1. The topological polar surface area (TPSA) is 79.4 Å². The molecule has 4 rings (SSSR count). The van der Waals surface area contributed by atoms with Gasteiger partial charge in [-0.3, -0.25) is 4.79 Å². The van der Waals surface area contributed by atoms with Gasteiger partial charge in [-0.2, -0.15) is 0 Å². The Bertz CT molecular complexity index is 1220. The summed E-state index contributed by atoms with van der Waals surface area (Å²) in [7, 11) is 1.34. The Morgan fingerprint density at radius 1 is 1.00 bits per heavy atom. The summed E-state index contributed by atoms with van der Waals surface area (Å²) in [5.41, 5.74) is 2.92. The monoisotopic (exact) mass is 359 g/mol. The second kappa shape index (κ2) is 6.70. The molecule has 0 aliphatic heterocycles. The van der Waals surface area contributed by atoms with Crippen molar-refractivity contribution in [1.29, 1.82) is 0 Å². The maximum Gasteiger partial charge on any atom is 0.338 e. The van der Waals surface area contributed by atoms with Gasteiger partial charge in [0.1, 0.15) is 0 Å². The van der Waals surface area contributed by atoms with Gasteiger partial charge in [-0.15, -0.1) is 0 Å². The SMILES string of the molecule is COC(=O)c1cc2cc[nH]c(=O)c2c2cc(-c3ccc(CO)cc3)ccc12. The van der Waals surface area contributed by atoms with Crippen molar-refractivity contribution in [3.63, 3.8) is 0 Å². The highest BCUT2D eigenvalue weighted by Crippen LogP contribution is 2.31. The molecule has 1 aromatic heterocycles. The number of aliphatic hydroxyl groups excluding tert-OH is 1. The summed E-state index contributed by atoms with van der Waals surface area (Å²) in [5.74, 6) is -0.442. The zero-order valence-corrected chi connectivity index (χ0v) is 14.7. The maximum absolute atomic E-state index is 12.5. The lowest BCUT2D eigenvalue weighted by Gasteiger charge is -2.11. The first-order valence-corrected chi connectivity index (χ1v) is 8.49. The highest BCUT2D eigenvalue weighted by atomic mass is 16.5. The number of benzene rings is 3. The van der Waals surface area contributed by atoms with Crippen molar-refractivity contribution in [2.75, 3.05) is 7.11 Å². The number of methoxy groups -OCH3 is 1. The van der Waals surface area contributed by atoms with Crippen LogP contribution in [0.5, 0.6) is 0 Å². The smallest absolute Gasteiger partial charge is 0.338 e. The number of carbonyl (C=O) groups excluding carboxylic acids is 1. The zero-order valence-electron chi connectivity index (χ0n) is 14.7. The van der Waals surface area contributed by atoms with Crippen LogP contribution in [-0.2, 0) is 11.3 Å². The number of hydrogen-bond donors (Lipinski definition) is 2. The Labute approximate surface area is 154 Å². The van der Waals surface area contributed by atoms with Crippen LogP contribution in [0, 0.1) is 0 Å². The molecule has 2 N–H and O–H groups in total. The number of rotatable bonds is 3. The van der Waals surface area contributed by atoms with Crippen molar-refractivity contribution >= 4 is 27.5 Å². The van der Waals surface area contributed by atoms with E-state index in [0.717, 1.165) is 16.7 Å². The van der Waals surface area contributed by atoms with E-state index in [2.05, 4.69) is 4.98 Å². The third kappa shape index (κ3) is 2.88. The van der Waals surface area contributed by atoms with Gasteiger partial charge in [-0.25, -0.2) is 4.79 Å². The Kier molecular flexibility index (Phi) is 4.22. The lowest BCUT2D eigenvalue weighted by molar-refractivity contribution is 0.0603. The van der Waals surface area contributed by atoms with Gasteiger partial charge in [-0.1, -0.05) is 36.4 Å². The van der Waals surface area contributed by atoms with E-state index in [-0.39, 0.29) is 12.2 Å². The van der Waals surface area contributed by atoms with Gasteiger partial charge < -0.3 is 14.8 Å². The Morgan fingerprint density at radius 3 is 2.44 bits per heavy atom. The van der Waals surface area contributed by atoms with Crippen molar-refractivity contribution in [3.05, 3.63) is 82.3 Å². The summed E-state index contributed by atoms with van der Waals surface area (Å²) in [4.78, 5) is 27.4. The van der Waals surface area contributed by atoms with E-state index < -0.39 is 5.97 Å². The van der Waals surface area contributed by atoms with Crippen LogP contribution in [0.15, 0.2) is 65.6 Å². The van der Waals surface area contributed by atoms with E-state index >= 15 is 0 Å². The standard InChI is InChI=1S/C22H17NO4/c1-27-22(26)19-11-16-8-9-23-21(25)20(16)18-10-15(6-7-17(18)19)14-4-2-13(12-24)3-5-14/h2-11,24H,12H2,1H3,(H,23,25). The molecule has 0 fully saturated rings. The molecule has 1 heterocycles. The summed E-state index contributed by atoms with van der Waals surface area (Å²) in [6.45, 7) is -0.0134. The van der Waals surface area contributed by atoms with E-state index in [0.29, 0.717) is 27.1 Å². The Hall–Kier alpha value is -3.44. The number of ether oxygens (including phenoxy) is 1. The molecule has 0 radical (unpaired) electrons. The van der Waals surface area contributed by atoms with Crippen molar-refractivity contribution in [1.82, 2.24) is 4.98 Å². The molecule has 0 bridgehead atoms. The number of nitrogens with one attached hydrogen (secondary N) is 1. The molecule has 0 spiro atoms. The number of fused-ring (bicyclic) bond motifs is 3. The largest absolute Gasteiger partial charge is 0.465 e. The molecule has 4 aromatic rings. The molecule has 5 heteroatoms. The number of hydrogen-bond acceptors (Lipinski definition) is 4. The minimum Gasteiger partial charge on any atom is -0.465 e.